The molecule has 0 saturated heterocycles. The van der Waals surface area contributed by atoms with Gasteiger partial charge in [-0.05, 0) is 18.8 Å². The molecule has 1 aromatic carbocycles. The van der Waals surface area contributed by atoms with Crippen molar-refractivity contribution in [1.29, 1.82) is 0 Å². The van der Waals surface area contributed by atoms with Gasteiger partial charge >= 0.3 is 0 Å². The first-order valence-electron chi connectivity index (χ1n) is 7.30. The van der Waals surface area contributed by atoms with Crippen LogP contribution in [0, 0.1) is 5.92 Å². The number of nitrogens with one attached hydrogen (secondary N) is 1. The summed E-state index contributed by atoms with van der Waals surface area (Å²) in [5.74, 6) is 1.61. The van der Waals surface area contributed by atoms with Crippen molar-refractivity contribution in [2.45, 2.75) is 38.1 Å². The Hall–Kier alpha value is -1.75. The summed E-state index contributed by atoms with van der Waals surface area (Å²) in [6, 6.07) is 5.28. The molecular weight excluding hydrogens is 268 g/mol. The van der Waals surface area contributed by atoms with Gasteiger partial charge in [0, 0.05) is 23.9 Å². The van der Waals surface area contributed by atoms with E-state index in [0.717, 1.165) is 25.7 Å². The summed E-state index contributed by atoms with van der Waals surface area (Å²) in [6.45, 7) is 2.14. The van der Waals surface area contributed by atoms with Gasteiger partial charge in [0.1, 0.15) is 11.5 Å². The van der Waals surface area contributed by atoms with Gasteiger partial charge < -0.3 is 20.5 Å². The molecule has 1 aromatic rings. The molecule has 2 atom stereocenters. The predicted octanol–water partition coefficient (Wildman–Crippen LogP) is 2.55. The van der Waals surface area contributed by atoms with E-state index in [9.17, 15) is 4.79 Å². The normalized spacial score (nSPS) is 25.2. The van der Waals surface area contributed by atoms with Gasteiger partial charge in [-0.2, -0.15) is 0 Å². The number of rotatable bonds is 4. The summed E-state index contributed by atoms with van der Waals surface area (Å²) in [7, 11) is 3.15. The standard InChI is InChI=1S/C16H24N2O3/c1-11-5-4-6-16(17,10-11)15(19)18-12-7-13(20-2)9-14(8-12)21-3/h7-9,11H,4-6,10,17H2,1-3H3,(H,18,19). The number of hydrogen-bond acceptors (Lipinski definition) is 4. The SMILES string of the molecule is COc1cc(NC(=O)C2(N)CCCC(C)C2)cc(OC)c1. The van der Waals surface area contributed by atoms with Gasteiger partial charge in [0.2, 0.25) is 5.91 Å². The summed E-state index contributed by atoms with van der Waals surface area (Å²) in [5, 5.41) is 2.90. The van der Waals surface area contributed by atoms with E-state index in [-0.39, 0.29) is 5.91 Å². The van der Waals surface area contributed by atoms with Crippen molar-refractivity contribution < 1.29 is 14.3 Å². The van der Waals surface area contributed by atoms with E-state index in [1.54, 1.807) is 32.4 Å². The van der Waals surface area contributed by atoms with Crippen LogP contribution in [0.25, 0.3) is 0 Å². The minimum atomic E-state index is -0.784. The van der Waals surface area contributed by atoms with Crippen LogP contribution in [0.4, 0.5) is 5.69 Å². The van der Waals surface area contributed by atoms with Crippen LogP contribution in [-0.2, 0) is 4.79 Å². The Morgan fingerprint density at radius 1 is 1.29 bits per heavy atom. The van der Waals surface area contributed by atoms with Gasteiger partial charge in [-0.15, -0.1) is 0 Å². The molecule has 2 unspecified atom stereocenters. The third kappa shape index (κ3) is 3.67. The maximum Gasteiger partial charge on any atom is 0.244 e. The van der Waals surface area contributed by atoms with Crippen LogP contribution < -0.4 is 20.5 Å². The molecule has 21 heavy (non-hydrogen) atoms. The van der Waals surface area contributed by atoms with Crippen LogP contribution in [0.5, 0.6) is 11.5 Å². The first kappa shape index (κ1) is 15.6. The van der Waals surface area contributed by atoms with Crippen LogP contribution in [0.2, 0.25) is 0 Å². The molecule has 0 aromatic heterocycles. The lowest BCUT2D eigenvalue weighted by Gasteiger charge is -2.35. The Kier molecular flexibility index (Phi) is 4.73. The third-order valence-electron chi connectivity index (χ3n) is 4.09. The fourth-order valence-electron chi connectivity index (χ4n) is 2.93. The number of carbonyl (C=O) groups is 1. The second kappa shape index (κ2) is 6.35. The number of carbonyl (C=O) groups excluding carboxylic acids is 1. The molecule has 1 aliphatic rings. The number of nitrogens with two attached hydrogens (primary N) is 1. The lowest BCUT2D eigenvalue weighted by Crippen LogP contribution is -2.53. The highest BCUT2D eigenvalue weighted by Gasteiger charge is 2.38. The van der Waals surface area contributed by atoms with Crippen molar-refractivity contribution in [2.75, 3.05) is 19.5 Å². The summed E-state index contributed by atoms with van der Waals surface area (Å²) in [5.41, 5.74) is 6.16. The van der Waals surface area contributed by atoms with E-state index >= 15 is 0 Å². The Morgan fingerprint density at radius 3 is 2.43 bits per heavy atom. The highest BCUT2D eigenvalue weighted by atomic mass is 16.5. The summed E-state index contributed by atoms with van der Waals surface area (Å²) < 4.78 is 10.4. The van der Waals surface area contributed by atoms with E-state index in [1.165, 1.54) is 0 Å². The topological polar surface area (TPSA) is 73.6 Å². The molecule has 1 aliphatic carbocycles. The molecule has 5 heteroatoms. The van der Waals surface area contributed by atoms with E-state index in [1.807, 2.05) is 0 Å². The number of amides is 1. The van der Waals surface area contributed by atoms with Crippen LogP contribution in [0.3, 0.4) is 0 Å². The second-order valence-electron chi connectivity index (χ2n) is 5.91. The average Bonchev–Trinajstić information content (AvgIpc) is 2.46. The van der Waals surface area contributed by atoms with E-state index in [2.05, 4.69) is 12.2 Å². The quantitative estimate of drug-likeness (QED) is 0.894. The zero-order valence-corrected chi connectivity index (χ0v) is 12.9. The molecule has 116 valence electrons. The zero-order valence-electron chi connectivity index (χ0n) is 12.9. The molecule has 1 fully saturated rings. The Morgan fingerprint density at radius 2 is 1.90 bits per heavy atom. The number of hydrogen-bond donors (Lipinski definition) is 2. The van der Waals surface area contributed by atoms with Crippen molar-refractivity contribution in [3.05, 3.63) is 18.2 Å². The van der Waals surface area contributed by atoms with Crippen molar-refractivity contribution in [3.63, 3.8) is 0 Å². The molecule has 3 N–H and O–H groups in total. The lowest BCUT2D eigenvalue weighted by atomic mass is 9.76. The van der Waals surface area contributed by atoms with Crippen LogP contribution >= 0.6 is 0 Å². The van der Waals surface area contributed by atoms with E-state index in [4.69, 9.17) is 15.2 Å². The van der Waals surface area contributed by atoms with E-state index in [0.29, 0.717) is 23.1 Å². The fraction of sp³-hybridized carbons (Fsp3) is 0.562. The zero-order chi connectivity index (χ0) is 15.5. The number of benzene rings is 1. The predicted molar refractivity (Wildman–Crippen MR) is 82.7 cm³/mol. The first-order chi connectivity index (χ1) is 9.96. The largest absolute Gasteiger partial charge is 0.497 e. The average molecular weight is 292 g/mol. The van der Waals surface area contributed by atoms with Gasteiger partial charge in [-0.25, -0.2) is 0 Å². The third-order valence-corrected chi connectivity index (χ3v) is 4.09. The van der Waals surface area contributed by atoms with Gasteiger partial charge in [-0.3, -0.25) is 4.79 Å². The molecule has 1 saturated carbocycles. The summed E-state index contributed by atoms with van der Waals surface area (Å²) >= 11 is 0. The Bertz CT molecular complexity index is 496. The lowest BCUT2D eigenvalue weighted by molar-refractivity contribution is -0.122. The van der Waals surface area contributed by atoms with E-state index < -0.39 is 5.54 Å². The molecule has 0 spiro atoms. The van der Waals surface area contributed by atoms with Gasteiger partial charge in [0.05, 0.1) is 19.8 Å². The Labute approximate surface area is 125 Å². The molecule has 2 rings (SSSR count). The van der Waals surface area contributed by atoms with Crippen molar-refractivity contribution in [1.82, 2.24) is 0 Å². The Balaban J connectivity index is 2.15. The van der Waals surface area contributed by atoms with Crippen LogP contribution in [0.15, 0.2) is 18.2 Å². The molecule has 0 bridgehead atoms. The van der Waals surface area contributed by atoms with Crippen molar-refractivity contribution >= 4 is 11.6 Å². The number of ether oxygens (including phenoxy) is 2. The summed E-state index contributed by atoms with van der Waals surface area (Å²) in [6.07, 6.45) is 3.58. The number of methoxy groups -OCH3 is 2. The van der Waals surface area contributed by atoms with Gasteiger partial charge in [-0.1, -0.05) is 19.8 Å². The molecule has 0 radical (unpaired) electrons. The smallest absolute Gasteiger partial charge is 0.244 e. The molecule has 0 aliphatic heterocycles. The molecule has 1 amide bonds. The first-order valence-corrected chi connectivity index (χ1v) is 7.30. The minimum absolute atomic E-state index is 0.135. The van der Waals surface area contributed by atoms with Gasteiger partial charge in [0.25, 0.3) is 0 Å². The minimum Gasteiger partial charge on any atom is -0.497 e. The monoisotopic (exact) mass is 292 g/mol. The second-order valence-corrected chi connectivity index (χ2v) is 5.91. The maximum absolute atomic E-state index is 12.5. The van der Waals surface area contributed by atoms with Crippen LogP contribution in [0.1, 0.15) is 32.6 Å². The molecule has 0 heterocycles. The molecule has 5 nitrogen and oxygen atoms in total. The van der Waals surface area contributed by atoms with Crippen molar-refractivity contribution in [3.8, 4) is 11.5 Å². The number of anilines is 1. The maximum atomic E-state index is 12.5. The highest BCUT2D eigenvalue weighted by molar-refractivity contribution is 5.98. The van der Waals surface area contributed by atoms with Crippen LogP contribution in [-0.4, -0.2) is 25.7 Å². The highest BCUT2D eigenvalue weighted by Crippen LogP contribution is 2.32. The summed E-state index contributed by atoms with van der Waals surface area (Å²) in [4.78, 5) is 12.5. The van der Waals surface area contributed by atoms with Crippen molar-refractivity contribution in [2.24, 2.45) is 11.7 Å². The molecular formula is C16H24N2O3. The fourth-order valence-corrected chi connectivity index (χ4v) is 2.93. The van der Waals surface area contributed by atoms with Gasteiger partial charge in [0.15, 0.2) is 0 Å².